The van der Waals surface area contributed by atoms with Gasteiger partial charge in [-0.2, -0.15) is 0 Å². The van der Waals surface area contributed by atoms with Gasteiger partial charge in [0.25, 0.3) is 0 Å². The van der Waals surface area contributed by atoms with Crippen LogP contribution < -0.4 is 0 Å². The van der Waals surface area contributed by atoms with E-state index in [9.17, 15) is 14.2 Å². The molecule has 0 aromatic heterocycles. The summed E-state index contributed by atoms with van der Waals surface area (Å²) in [5, 5.41) is 0. The zero-order chi connectivity index (χ0) is 22.6. The third-order valence-electron chi connectivity index (χ3n) is 5.74. The second kappa shape index (κ2) is 9.88. The van der Waals surface area contributed by atoms with Crippen LogP contribution in [0, 0.1) is 13.8 Å². The molecule has 0 aliphatic rings. The van der Waals surface area contributed by atoms with E-state index < -0.39 is 7.80 Å². The molecule has 30 heavy (non-hydrogen) atoms. The van der Waals surface area contributed by atoms with Crippen molar-refractivity contribution in [3.8, 4) is 0 Å². The van der Waals surface area contributed by atoms with E-state index in [4.69, 9.17) is 0 Å². The highest BCUT2D eigenvalue weighted by molar-refractivity contribution is 7.64. The lowest BCUT2D eigenvalue weighted by Gasteiger charge is -2.22. The fourth-order valence-corrected chi connectivity index (χ4v) is 5.31. The van der Waals surface area contributed by atoms with Crippen molar-refractivity contribution in [1.29, 1.82) is 0 Å². The lowest BCUT2D eigenvalue weighted by atomic mass is 9.84. The van der Waals surface area contributed by atoms with Gasteiger partial charge >= 0.3 is 0 Å². The first-order chi connectivity index (χ1) is 14.0. The van der Waals surface area contributed by atoms with Crippen LogP contribution in [-0.4, -0.2) is 17.5 Å². The molecule has 4 heteroatoms. The molecule has 0 spiro atoms. The Balaban J connectivity index is 2.20. The monoisotopic (exact) mass is 426 g/mol. The average molecular weight is 427 g/mol. The van der Waals surface area contributed by atoms with Gasteiger partial charge in [-0.1, -0.05) is 65.0 Å². The molecule has 0 N–H and O–H groups in total. The molecule has 0 radical (unpaired) electrons. The fourth-order valence-electron chi connectivity index (χ4n) is 3.96. The number of hydrogen-bond donors (Lipinski definition) is 0. The molecule has 162 valence electrons. The third kappa shape index (κ3) is 5.38. The van der Waals surface area contributed by atoms with Gasteiger partial charge in [0.2, 0.25) is 5.52 Å². The number of rotatable bonds is 8. The summed E-state index contributed by atoms with van der Waals surface area (Å²) in [6, 6.07) is 9.97. The SMILES string of the molecule is CCc1cccc(CC)c1C(=O)CC[PH](=O)C(=O)c1c(C)cc(C(C)(C)C)cc1C. The van der Waals surface area contributed by atoms with Gasteiger partial charge in [-0.05, 0) is 59.9 Å². The van der Waals surface area contributed by atoms with Crippen molar-refractivity contribution >= 4 is 19.1 Å². The Morgan fingerprint density at radius 2 is 1.40 bits per heavy atom. The Morgan fingerprint density at radius 1 is 0.900 bits per heavy atom. The van der Waals surface area contributed by atoms with E-state index in [0.717, 1.165) is 46.2 Å². The van der Waals surface area contributed by atoms with Gasteiger partial charge < -0.3 is 4.57 Å². The van der Waals surface area contributed by atoms with Gasteiger partial charge in [-0.15, -0.1) is 0 Å². The van der Waals surface area contributed by atoms with Crippen molar-refractivity contribution in [3.05, 3.63) is 69.3 Å². The van der Waals surface area contributed by atoms with Gasteiger partial charge in [0.1, 0.15) is 7.80 Å². The molecule has 0 aliphatic heterocycles. The smallest absolute Gasteiger partial charge is 0.219 e. The molecule has 0 saturated heterocycles. The number of carbonyl (C=O) groups is 2. The van der Waals surface area contributed by atoms with E-state index in [-0.39, 0.29) is 29.3 Å². The summed E-state index contributed by atoms with van der Waals surface area (Å²) in [6.07, 6.45) is 1.83. The zero-order valence-corrected chi connectivity index (χ0v) is 20.4. The normalized spacial score (nSPS) is 12.6. The first kappa shape index (κ1) is 24.3. The van der Waals surface area contributed by atoms with Crippen LogP contribution in [0.5, 0.6) is 0 Å². The first-order valence-electron chi connectivity index (χ1n) is 10.8. The Kier molecular flexibility index (Phi) is 7.99. The molecule has 2 aromatic carbocycles. The summed E-state index contributed by atoms with van der Waals surface area (Å²) in [5.74, 6) is -0.00743. The van der Waals surface area contributed by atoms with E-state index in [2.05, 4.69) is 20.8 Å². The predicted octanol–water partition coefficient (Wildman–Crippen LogP) is 6.70. The molecule has 1 atom stereocenters. The van der Waals surface area contributed by atoms with Crippen LogP contribution in [0.3, 0.4) is 0 Å². The fraction of sp³-hybridized carbons (Fsp3) is 0.462. The number of carbonyl (C=O) groups excluding carboxylic acids is 2. The number of ketones is 1. The Bertz CT molecular complexity index is 935. The summed E-state index contributed by atoms with van der Waals surface area (Å²) in [5.41, 5.74) is 5.92. The number of benzene rings is 2. The Labute approximate surface area is 182 Å². The van der Waals surface area contributed by atoms with Crippen LogP contribution in [0.4, 0.5) is 0 Å². The molecule has 0 saturated carbocycles. The highest BCUT2D eigenvalue weighted by atomic mass is 31.1. The van der Waals surface area contributed by atoms with Crippen LogP contribution >= 0.6 is 7.80 Å². The van der Waals surface area contributed by atoms with Crippen LogP contribution in [0.25, 0.3) is 0 Å². The summed E-state index contributed by atoms with van der Waals surface area (Å²) in [7, 11) is -2.56. The topological polar surface area (TPSA) is 51.2 Å². The van der Waals surface area contributed by atoms with Crippen LogP contribution in [0.1, 0.15) is 89.6 Å². The largest absolute Gasteiger partial charge is 0.318 e. The predicted molar refractivity (Wildman–Crippen MR) is 127 cm³/mol. The molecule has 0 aliphatic carbocycles. The maximum absolute atomic E-state index is 13.0. The molecular formula is C26H35O3P. The quantitative estimate of drug-likeness (QED) is 0.349. The summed E-state index contributed by atoms with van der Waals surface area (Å²) >= 11 is 0. The maximum Gasteiger partial charge on any atom is 0.219 e. The minimum atomic E-state index is -2.56. The van der Waals surface area contributed by atoms with Gasteiger partial charge in [0, 0.05) is 23.7 Å². The first-order valence-corrected chi connectivity index (χ1v) is 12.5. The van der Waals surface area contributed by atoms with E-state index in [1.165, 1.54) is 0 Å². The molecule has 0 heterocycles. The minimum absolute atomic E-state index is 0.00743. The number of hydrogen-bond acceptors (Lipinski definition) is 3. The van der Waals surface area contributed by atoms with Crippen LogP contribution in [0.2, 0.25) is 0 Å². The number of aryl methyl sites for hydroxylation is 4. The maximum atomic E-state index is 13.0. The lowest BCUT2D eigenvalue weighted by molar-refractivity contribution is 0.0987. The second-order valence-electron chi connectivity index (χ2n) is 9.07. The Morgan fingerprint density at radius 3 is 1.83 bits per heavy atom. The number of Topliss-reactive ketones (excluding diaryl/α,β-unsaturated/α-hetero) is 1. The van der Waals surface area contributed by atoms with Crippen molar-refractivity contribution in [2.45, 2.75) is 73.1 Å². The van der Waals surface area contributed by atoms with Gasteiger partial charge in [0.05, 0.1) is 0 Å². The highest BCUT2D eigenvalue weighted by Crippen LogP contribution is 2.34. The van der Waals surface area contributed by atoms with Crippen molar-refractivity contribution in [3.63, 3.8) is 0 Å². The van der Waals surface area contributed by atoms with E-state index in [0.29, 0.717) is 5.56 Å². The average Bonchev–Trinajstić information content (AvgIpc) is 2.69. The highest BCUT2D eigenvalue weighted by Gasteiger charge is 2.23. The molecule has 0 fully saturated rings. The van der Waals surface area contributed by atoms with Crippen molar-refractivity contribution in [1.82, 2.24) is 0 Å². The van der Waals surface area contributed by atoms with E-state index in [1.54, 1.807) is 0 Å². The van der Waals surface area contributed by atoms with Crippen LogP contribution in [-0.2, 0) is 22.8 Å². The van der Waals surface area contributed by atoms with Gasteiger partial charge in [-0.25, -0.2) is 0 Å². The van der Waals surface area contributed by atoms with Gasteiger partial charge in [-0.3, -0.25) is 9.59 Å². The van der Waals surface area contributed by atoms with Crippen molar-refractivity contribution < 1.29 is 14.2 Å². The molecule has 0 amide bonds. The Hall–Kier alpha value is -1.99. The van der Waals surface area contributed by atoms with E-state index >= 15 is 0 Å². The lowest BCUT2D eigenvalue weighted by Crippen LogP contribution is -2.14. The zero-order valence-electron chi connectivity index (χ0n) is 19.4. The summed E-state index contributed by atoms with van der Waals surface area (Å²) < 4.78 is 12.9. The molecule has 2 rings (SSSR count). The second-order valence-corrected chi connectivity index (χ2v) is 10.9. The van der Waals surface area contributed by atoms with Crippen LogP contribution in [0.15, 0.2) is 30.3 Å². The summed E-state index contributed by atoms with van der Waals surface area (Å²) in [4.78, 5) is 25.9. The molecular weight excluding hydrogens is 391 g/mol. The van der Waals surface area contributed by atoms with E-state index in [1.807, 2.05) is 58.0 Å². The molecule has 2 aromatic rings. The molecule has 3 nitrogen and oxygen atoms in total. The van der Waals surface area contributed by atoms with Gasteiger partial charge in [0.15, 0.2) is 5.78 Å². The standard InChI is InChI=1S/C26H35O3P/c1-8-19-11-10-12-20(9-2)24(19)22(27)13-14-30(29)25(28)23-17(3)15-21(16-18(23)4)26(5,6)7/h10-12,15-16,30H,8-9,13-14H2,1-7H3. The molecule has 0 bridgehead atoms. The van der Waals surface area contributed by atoms with Crippen molar-refractivity contribution in [2.75, 3.05) is 6.16 Å². The third-order valence-corrected chi connectivity index (χ3v) is 7.20. The van der Waals surface area contributed by atoms with Crippen molar-refractivity contribution in [2.24, 2.45) is 0 Å². The summed E-state index contributed by atoms with van der Waals surface area (Å²) in [6.45, 7) is 14.3. The minimum Gasteiger partial charge on any atom is -0.318 e. The molecule has 1 unspecified atom stereocenters.